The maximum Gasteiger partial charge on any atom is 0.472 e. The molecule has 3 N–H and O–H groups in total. The molecule has 0 aromatic carbocycles. The average molecular weight is 1240 g/mol. The molecule has 0 bridgehead atoms. The first kappa shape index (κ1) is 82.1. The third kappa shape index (κ3) is 59.0. The van der Waals surface area contributed by atoms with Gasteiger partial charge in [-0.05, 0) is 25.7 Å². The minimum Gasteiger partial charge on any atom is -0.462 e. The fourth-order valence-corrected chi connectivity index (χ4v) is 11.4. The molecular formula is C65H126O17P2. The fraction of sp³-hybridized carbons (Fsp3) is 0.938. The van der Waals surface area contributed by atoms with Crippen molar-refractivity contribution in [1.29, 1.82) is 0 Å². The molecule has 19 heteroatoms. The van der Waals surface area contributed by atoms with E-state index in [1.807, 2.05) is 0 Å². The van der Waals surface area contributed by atoms with Gasteiger partial charge in [0.25, 0.3) is 0 Å². The van der Waals surface area contributed by atoms with Gasteiger partial charge in [-0.15, -0.1) is 0 Å². The Hall–Kier alpha value is -1.94. The van der Waals surface area contributed by atoms with Gasteiger partial charge in [-0.25, -0.2) is 9.13 Å². The summed E-state index contributed by atoms with van der Waals surface area (Å²) in [5, 5.41) is 10.5. The van der Waals surface area contributed by atoms with E-state index in [1.54, 1.807) is 0 Å². The Labute approximate surface area is 511 Å². The van der Waals surface area contributed by atoms with Crippen LogP contribution in [0.3, 0.4) is 0 Å². The van der Waals surface area contributed by atoms with E-state index < -0.39 is 97.5 Å². The molecule has 0 amide bonds. The first-order valence-corrected chi connectivity index (χ1v) is 37.3. The zero-order valence-corrected chi connectivity index (χ0v) is 55.7. The van der Waals surface area contributed by atoms with Gasteiger partial charge in [-0.1, -0.05) is 285 Å². The largest absolute Gasteiger partial charge is 0.472 e. The van der Waals surface area contributed by atoms with Gasteiger partial charge >= 0.3 is 39.5 Å². The number of ether oxygens (including phenoxy) is 4. The second-order valence-electron chi connectivity index (χ2n) is 23.5. The van der Waals surface area contributed by atoms with Gasteiger partial charge in [-0.3, -0.25) is 37.3 Å². The Kier molecular flexibility index (Phi) is 58.6. The Morgan fingerprint density at radius 3 is 0.702 bits per heavy atom. The molecule has 0 heterocycles. The molecule has 84 heavy (non-hydrogen) atoms. The number of unbranched alkanes of at least 4 members (excludes halogenated alkanes) is 40. The molecule has 0 aliphatic carbocycles. The Bertz CT molecular complexity index is 1510. The van der Waals surface area contributed by atoms with Crippen LogP contribution in [-0.2, 0) is 65.4 Å². The lowest BCUT2D eigenvalue weighted by Crippen LogP contribution is -2.30. The number of carbonyl (C=O) groups excluding carboxylic acids is 4. The number of hydrogen-bond acceptors (Lipinski definition) is 15. The van der Waals surface area contributed by atoms with Gasteiger partial charge in [0.05, 0.1) is 26.4 Å². The van der Waals surface area contributed by atoms with Crippen LogP contribution in [0.5, 0.6) is 0 Å². The first-order chi connectivity index (χ1) is 40.7. The molecule has 0 saturated carbocycles. The van der Waals surface area contributed by atoms with Crippen LogP contribution in [-0.4, -0.2) is 96.7 Å². The van der Waals surface area contributed by atoms with Gasteiger partial charge in [0, 0.05) is 25.7 Å². The Morgan fingerprint density at radius 1 is 0.286 bits per heavy atom. The van der Waals surface area contributed by atoms with E-state index in [0.29, 0.717) is 25.7 Å². The van der Waals surface area contributed by atoms with E-state index in [2.05, 4.69) is 27.7 Å². The van der Waals surface area contributed by atoms with Crippen LogP contribution in [0.15, 0.2) is 0 Å². The molecule has 0 aromatic heterocycles. The molecule has 0 aliphatic rings. The number of esters is 4. The normalized spacial score (nSPS) is 14.1. The van der Waals surface area contributed by atoms with Crippen molar-refractivity contribution in [2.75, 3.05) is 39.6 Å². The minimum absolute atomic E-state index is 0.107. The van der Waals surface area contributed by atoms with Crippen LogP contribution >= 0.6 is 15.6 Å². The van der Waals surface area contributed by atoms with Gasteiger partial charge in [0.1, 0.15) is 19.3 Å². The van der Waals surface area contributed by atoms with Crippen molar-refractivity contribution in [3.63, 3.8) is 0 Å². The van der Waals surface area contributed by atoms with Gasteiger partial charge in [-0.2, -0.15) is 0 Å². The predicted molar refractivity (Wildman–Crippen MR) is 335 cm³/mol. The summed E-state index contributed by atoms with van der Waals surface area (Å²) in [6, 6.07) is 0. The number of phosphoric ester groups is 2. The number of carbonyl (C=O) groups is 4. The van der Waals surface area contributed by atoms with E-state index >= 15 is 0 Å². The smallest absolute Gasteiger partial charge is 0.462 e. The van der Waals surface area contributed by atoms with Crippen LogP contribution in [0, 0.1) is 0 Å². The van der Waals surface area contributed by atoms with E-state index in [1.165, 1.54) is 167 Å². The lowest BCUT2D eigenvalue weighted by molar-refractivity contribution is -0.161. The van der Waals surface area contributed by atoms with Crippen LogP contribution < -0.4 is 0 Å². The second kappa shape index (κ2) is 60.0. The lowest BCUT2D eigenvalue weighted by Gasteiger charge is -2.21. The molecule has 0 aliphatic heterocycles. The summed E-state index contributed by atoms with van der Waals surface area (Å²) >= 11 is 0. The lowest BCUT2D eigenvalue weighted by atomic mass is 10.1. The summed E-state index contributed by atoms with van der Waals surface area (Å²) in [6.45, 7) is 4.90. The van der Waals surface area contributed by atoms with E-state index in [4.69, 9.17) is 37.0 Å². The molecule has 0 fully saturated rings. The summed E-state index contributed by atoms with van der Waals surface area (Å²) in [4.78, 5) is 72.2. The van der Waals surface area contributed by atoms with Gasteiger partial charge < -0.3 is 33.8 Å². The van der Waals surface area contributed by atoms with Crippen molar-refractivity contribution in [3.8, 4) is 0 Å². The third-order valence-electron chi connectivity index (χ3n) is 15.1. The highest BCUT2D eigenvalue weighted by Gasteiger charge is 2.30. The summed E-state index contributed by atoms with van der Waals surface area (Å²) in [7, 11) is -9.88. The van der Waals surface area contributed by atoms with Crippen molar-refractivity contribution in [2.45, 2.75) is 354 Å². The first-order valence-electron chi connectivity index (χ1n) is 34.3. The van der Waals surface area contributed by atoms with Crippen molar-refractivity contribution in [2.24, 2.45) is 0 Å². The van der Waals surface area contributed by atoms with E-state index in [9.17, 15) is 43.2 Å². The monoisotopic (exact) mass is 1240 g/mol. The van der Waals surface area contributed by atoms with Crippen molar-refractivity contribution >= 4 is 39.5 Å². The summed E-state index contributed by atoms with van der Waals surface area (Å²) in [5.74, 6) is -2.13. The van der Waals surface area contributed by atoms with Gasteiger partial charge in [0.15, 0.2) is 12.2 Å². The van der Waals surface area contributed by atoms with Crippen molar-refractivity contribution < 1.29 is 80.2 Å². The second-order valence-corrected chi connectivity index (χ2v) is 26.4. The molecule has 0 spiro atoms. The van der Waals surface area contributed by atoms with Crippen LogP contribution in [0.4, 0.5) is 0 Å². The Morgan fingerprint density at radius 2 is 0.476 bits per heavy atom. The predicted octanol–water partition coefficient (Wildman–Crippen LogP) is 18.3. The van der Waals surface area contributed by atoms with E-state index in [0.717, 1.165) is 89.9 Å². The number of phosphoric acid groups is 2. The molecule has 0 saturated heterocycles. The maximum atomic E-state index is 13.0. The Balaban J connectivity index is 5.24. The highest BCUT2D eigenvalue weighted by atomic mass is 31.2. The van der Waals surface area contributed by atoms with Crippen LogP contribution in [0.2, 0.25) is 0 Å². The molecule has 0 aromatic rings. The van der Waals surface area contributed by atoms with Crippen molar-refractivity contribution in [1.82, 2.24) is 0 Å². The van der Waals surface area contributed by atoms with Crippen LogP contribution in [0.25, 0.3) is 0 Å². The number of rotatable bonds is 66. The molecule has 498 valence electrons. The van der Waals surface area contributed by atoms with Crippen molar-refractivity contribution in [3.05, 3.63) is 0 Å². The zero-order chi connectivity index (χ0) is 61.9. The molecule has 2 unspecified atom stereocenters. The standard InChI is InChI=1S/C65H126O17P2/c1-5-9-13-17-21-25-29-33-37-41-45-49-62(67)75-55-60(81-64(69)51-47-43-39-35-31-27-23-19-15-11-7-3)57-79-83(71,72)77-53-59(66)54-78-84(73,74)80-58-61(82-65(70)52-48-44-40-36-32-28-24-20-16-12-8-4)56-76-63(68)50-46-42-38-34-30-26-22-18-14-10-6-2/h59-61,66H,5-58H2,1-4H3,(H,71,72)(H,73,74)/t60-,61-/m1/s1. The quantitative estimate of drug-likeness (QED) is 0.0222. The summed E-state index contributed by atoms with van der Waals surface area (Å²) < 4.78 is 68.0. The number of hydrogen-bond donors (Lipinski definition) is 3. The van der Waals surface area contributed by atoms with E-state index in [-0.39, 0.29) is 25.7 Å². The van der Waals surface area contributed by atoms with Crippen LogP contribution in [0.1, 0.15) is 336 Å². The summed E-state index contributed by atoms with van der Waals surface area (Å²) in [5.41, 5.74) is 0. The SMILES string of the molecule is CCCCCCCCCCCCCC(=O)OC[C@H](COP(=O)(O)OCC(O)COP(=O)(O)OC[C@@H](COC(=O)CCCCCCCCCCCCC)OC(=O)CCCCCCCCCCCCC)OC(=O)CCCCCCCCCCCCC. The maximum absolute atomic E-state index is 13.0. The number of aliphatic hydroxyl groups excluding tert-OH is 1. The minimum atomic E-state index is -4.94. The highest BCUT2D eigenvalue weighted by molar-refractivity contribution is 7.47. The molecule has 17 nitrogen and oxygen atoms in total. The number of aliphatic hydroxyl groups is 1. The summed E-state index contributed by atoms with van der Waals surface area (Å²) in [6.07, 6.45) is 45.6. The highest BCUT2D eigenvalue weighted by Crippen LogP contribution is 2.45. The van der Waals surface area contributed by atoms with Gasteiger partial charge in [0.2, 0.25) is 0 Å². The molecule has 0 radical (unpaired) electrons. The third-order valence-corrected chi connectivity index (χ3v) is 17.0. The molecule has 4 atom stereocenters. The topological polar surface area (TPSA) is 237 Å². The molecule has 0 rings (SSSR count). The average Bonchev–Trinajstić information content (AvgIpc) is 3.58. The fourth-order valence-electron chi connectivity index (χ4n) is 9.81. The molecular weight excluding hydrogens is 1110 g/mol. The zero-order valence-electron chi connectivity index (χ0n) is 53.9.